The molecule has 214 valence electrons. The van der Waals surface area contributed by atoms with Gasteiger partial charge in [0.15, 0.2) is 0 Å². The summed E-state index contributed by atoms with van der Waals surface area (Å²) in [6.07, 6.45) is 8.41. The van der Waals surface area contributed by atoms with Crippen molar-refractivity contribution in [1.29, 1.82) is 0 Å². The number of urea groups is 1. The molecule has 2 aromatic rings. The third kappa shape index (κ3) is 10.3. The lowest BCUT2D eigenvalue weighted by Crippen LogP contribution is -2.30. The number of nitrogens with one attached hydrogen (secondary N) is 2. The van der Waals surface area contributed by atoms with Gasteiger partial charge >= 0.3 is 6.03 Å². The molecule has 1 fully saturated rings. The molecule has 3 amide bonds. The van der Waals surface area contributed by atoms with E-state index in [1.807, 2.05) is 18.2 Å². The lowest BCUT2D eigenvalue weighted by molar-refractivity contribution is -0.115. The normalized spacial score (nSPS) is 14.2. The molecule has 1 atom stereocenters. The Labute approximate surface area is 231 Å². The standard InChI is InChI=1S/C30H43N3O6/c34-22-25-20-24(12-13-27(25)35)28(36)14-16-31-15-5-1-2-6-17-39-18-7-3-4-9-23-10-8-11-26(19-23)33-29(37)21-32-30(33)38/h8,10-13,19-20,28,31,34-36H,1-7,9,14-18,21-22H2,(H,32,38). The summed E-state index contributed by atoms with van der Waals surface area (Å²) in [5.41, 5.74) is 2.89. The predicted molar refractivity (Wildman–Crippen MR) is 151 cm³/mol. The maximum absolute atomic E-state index is 11.9. The first-order valence-electron chi connectivity index (χ1n) is 14.1. The number of benzene rings is 2. The highest BCUT2D eigenvalue weighted by molar-refractivity contribution is 6.19. The summed E-state index contributed by atoms with van der Waals surface area (Å²) in [5.74, 6) is -0.174. The van der Waals surface area contributed by atoms with E-state index < -0.39 is 6.10 Å². The second-order valence-electron chi connectivity index (χ2n) is 10.00. The Hall–Kier alpha value is -2.98. The Morgan fingerprint density at radius 2 is 1.72 bits per heavy atom. The molecule has 0 saturated carbocycles. The van der Waals surface area contributed by atoms with E-state index in [1.54, 1.807) is 18.2 Å². The smallest absolute Gasteiger partial charge is 0.329 e. The van der Waals surface area contributed by atoms with Crippen molar-refractivity contribution in [3.05, 3.63) is 59.2 Å². The highest BCUT2D eigenvalue weighted by Gasteiger charge is 2.29. The Morgan fingerprint density at radius 3 is 2.46 bits per heavy atom. The first kappa shape index (κ1) is 30.6. The Balaban J connectivity index is 1.12. The Kier molecular flexibility index (Phi) is 13.2. The van der Waals surface area contributed by atoms with Crippen LogP contribution in [0.1, 0.15) is 74.2 Å². The van der Waals surface area contributed by atoms with Gasteiger partial charge in [0, 0.05) is 18.8 Å². The molecule has 1 aliphatic heterocycles. The average molecular weight is 542 g/mol. The number of nitrogens with zero attached hydrogens (tertiary/aromatic N) is 1. The maximum atomic E-state index is 11.9. The lowest BCUT2D eigenvalue weighted by atomic mass is 10.0. The highest BCUT2D eigenvalue weighted by atomic mass is 16.5. The molecule has 0 radical (unpaired) electrons. The number of rotatable bonds is 19. The van der Waals surface area contributed by atoms with Crippen molar-refractivity contribution in [3.63, 3.8) is 0 Å². The van der Waals surface area contributed by atoms with Crippen molar-refractivity contribution in [2.24, 2.45) is 0 Å². The summed E-state index contributed by atoms with van der Waals surface area (Å²) in [7, 11) is 0. The number of anilines is 1. The number of hydrogen-bond acceptors (Lipinski definition) is 7. The summed E-state index contributed by atoms with van der Waals surface area (Å²) in [6.45, 7) is 2.99. The van der Waals surface area contributed by atoms with Crippen LogP contribution in [0.2, 0.25) is 0 Å². The molecule has 1 heterocycles. The first-order chi connectivity index (χ1) is 19.0. The largest absolute Gasteiger partial charge is 0.508 e. The topological polar surface area (TPSA) is 131 Å². The van der Waals surface area contributed by atoms with E-state index in [2.05, 4.69) is 10.6 Å². The van der Waals surface area contributed by atoms with Gasteiger partial charge in [0.05, 0.1) is 24.9 Å². The zero-order valence-corrected chi connectivity index (χ0v) is 22.7. The van der Waals surface area contributed by atoms with Gasteiger partial charge < -0.3 is 30.7 Å². The highest BCUT2D eigenvalue weighted by Crippen LogP contribution is 2.24. The maximum Gasteiger partial charge on any atom is 0.329 e. The van der Waals surface area contributed by atoms with Crippen LogP contribution in [0.15, 0.2) is 42.5 Å². The molecule has 9 nitrogen and oxygen atoms in total. The molecular weight excluding hydrogens is 498 g/mol. The van der Waals surface area contributed by atoms with Crippen molar-refractivity contribution in [1.82, 2.24) is 10.6 Å². The summed E-state index contributed by atoms with van der Waals surface area (Å²) in [5, 5.41) is 35.1. The fourth-order valence-electron chi connectivity index (χ4n) is 4.62. The molecule has 3 rings (SSSR count). The second-order valence-corrected chi connectivity index (χ2v) is 10.00. The van der Waals surface area contributed by atoms with Crippen LogP contribution in [0.4, 0.5) is 10.5 Å². The molecule has 5 N–H and O–H groups in total. The number of aliphatic hydroxyl groups excluding tert-OH is 2. The molecule has 0 aliphatic carbocycles. The number of hydrogen-bond donors (Lipinski definition) is 5. The molecule has 0 aromatic heterocycles. The van der Waals surface area contributed by atoms with Gasteiger partial charge in [-0.1, -0.05) is 37.5 Å². The second kappa shape index (κ2) is 16.9. The summed E-state index contributed by atoms with van der Waals surface area (Å²) in [6, 6.07) is 12.1. The number of aromatic hydroxyl groups is 1. The van der Waals surface area contributed by atoms with E-state index in [-0.39, 0.29) is 30.8 Å². The number of carbonyl (C=O) groups excluding carboxylic acids is 2. The molecule has 1 saturated heterocycles. The minimum absolute atomic E-state index is 0.0442. The molecule has 0 spiro atoms. The number of carbonyl (C=O) groups is 2. The van der Waals surface area contributed by atoms with E-state index in [0.717, 1.165) is 76.7 Å². The van der Waals surface area contributed by atoms with Gasteiger partial charge in [-0.3, -0.25) is 4.79 Å². The SMILES string of the molecule is O=C1CNC(=O)N1c1cccc(CCCCCOCCCCCCNCCC(O)c2ccc(O)c(CO)c2)c1. The molecule has 1 unspecified atom stereocenters. The van der Waals surface area contributed by atoms with Crippen molar-refractivity contribution in [3.8, 4) is 5.75 Å². The third-order valence-corrected chi connectivity index (χ3v) is 6.91. The molecule has 2 aromatic carbocycles. The monoisotopic (exact) mass is 541 g/mol. The number of unbranched alkanes of at least 4 members (excludes halogenated alkanes) is 5. The van der Waals surface area contributed by atoms with Crippen molar-refractivity contribution in [2.75, 3.05) is 37.7 Å². The molecule has 9 heteroatoms. The van der Waals surface area contributed by atoms with Crippen LogP contribution in [-0.4, -0.2) is 60.1 Å². The summed E-state index contributed by atoms with van der Waals surface area (Å²) >= 11 is 0. The minimum Gasteiger partial charge on any atom is -0.508 e. The van der Waals surface area contributed by atoms with Crippen molar-refractivity contribution >= 4 is 17.6 Å². The number of ether oxygens (including phenoxy) is 1. The van der Waals surface area contributed by atoms with E-state index in [0.29, 0.717) is 29.8 Å². The van der Waals surface area contributed by atoms with E-state index >= 15 is 0 Å². The van der Waals surface area contributed by atoms with Gasteiger partial charge in [-0.2, -0.15) is 0 Å². The van der Waals surface area contributed by atoms with Gasteiger partial charge in [0.25, 0.3) is 5.91 Å². The zero-order valence-electron chi connectivity index (χ0n) is 22.7. The molecule has 1 aliphatic rings. The molecule has 0 bridgehead atoms. The van der Waals surface area contributed by atoms with Gasteiger partial charge in [0.1, 0.15) is 5.75 Å². The number of imide groups is 1. The predicted octanol–water partition coefficient (Wildman–Crippen LogP) is 3.94. The van der Waals surface area contributed by atoms with Crippen molar-refractivity contribution < 1.29 is 29.6 Å². The Bertz CT molecular complexity index is 1030. The van der Waals surface area contributed by atoms with Crippen LogP contribution >= 0.6 is 0 Å². The van der Waals surface area contributed by atoms with Gasteiger partial charge in [-0.15, -0.1) is 0 Å². The Morgan fingerprint density at radius 1 is 0.949 bits per heavy atom. The first-order valence-corrected chi connectivity index (χ1v) is 14.1. The van der Waals surface area contributed by atoms with Crippen LogP contribution in [0.5, 0.6) is 5.75 Å². The summed E-state index contributed by atoms with van der Waals surface area (Å²) in [4.78, 5) is 24.9. The molecular formula is C30H43N3O6. The number of phenols is 1. The van der Waals surface area contributed by atoms with Gasteiger partial charge in [-0.25, -0.2) is 9.69 Å². The van der Waals surface area contributed by atoms with E-state index in [1.165, 1.54) is 11.0 Å². The van der Waals surface area contributed by atoms with E-state index in [4.69, 9.17) is 4.74 Å². The van der Waals surface area contributed by atoms with Crippen LogP contribution in [0, 0.1) is 0 Å². The van der Waals surface area contributed by atoms with Crippen LogP contribution in [0.25, 0.3) is 0 Å². The molecule has 39 heavy (non-hydrogen) atoms. The fourth-order valence-corrected chi connectivity index (χ4v) is 4.62. The quantitative estimate of drug-likeness (QED) is 0.134. The van der Waals surface area contributed by atoms with Crippen LogP contribution in [0.3, 0.4) is 0 Å². The third-order valence-electron chi connectivity index (χ3n) is 6.91. The zero-order chi connectivity index (χ0) is 27.9. The summed E-state index contributed by atoms with van der Waals surface area (Å²) < 4.78 is 5.77. The average Bonchev–Trinajstić information content (AvgIpc) is 3.28. The van der Waals surface area contributed by atoms with Gasteiger partial charge in [-0.05, 0) is 87.0 Å². The minimum atomic E-state index is -0.622. The number of amides is 3. The van der Waals surface area contributed by atoms with Gasteiger partial charge in [0.2, 0.25) is 0 Å². The van der Waals surface area contributed by atoms with E-state index in [9.17, 15) is 24.9 Å². The lowest BCUT2D eigenvalue weighted by Gasteiger charge is -2.13. The number of aryl methyl sites for hydroxylation is 1. The van der Waals surface area contributed by atoms with Crippen LogP contribution < -0.4 is 15.5 Å². The number of aliphatic hydroxyl groups is 2. The van der Waals surface area contributed by atoms with Crippen LogP contribution in [-0.2, 0) is 22.6 Å². The fraction of sp³-hybridized carbons (Fsp3) is 0.533. The van der Waals surface area contributed by atoms with Crippen molar-refractivity contribution in [2.45, 2.75) is 70.5 Å².